The van der Waals surface area contributed by atoms with Gasteiger partial charge in [0.25, 0.3) is 5.91 Å². The van der Waals surface area contributed by atoms with Crippen molar-refractivity contribution in [2.45, 2.75) is 26.3 Å². The normalized spacial score (nSPS) is 12.2. The van der Waals surface area contributed by atoms with Gasteiger partial charge in [-0.3, -0.25) is 9.89 Å². The molecule has 0 radical (unpaired) electrons. The fraction of sp³-hybridized carbons (Fsp3) is 0.286. The van der Waals surface area contributed by atoms with Crippen LogP contribution in [0.15, 0.2) is 30.5 Å². The van der Waals surface area contributed by atoms with Crippen molar-refractivity contribution in [2.75, 3.05) is 0 Å². The molecule has 0 saturated heterocycles. The van der Waals surface area contributed by atoms with E-state index in [1.54, 1.807) is 12.1 Å². The van der Waals surface area contributed by atoms with Gasteiger partial charge in [-0.05, 0) is 37.6 Å². The molecule has 2 aromatic rings. The Morgan fingerprint density at radius 1 is 1.42 bits per heavy atom. The molecule has 0 aliphatic rings. The molecule has 5 heteroatoms. The van der Waals surface area contributed by atoms with Gasteiger partial charge in [0.1, 0.15) is 5.82 Å². The zero-order valence-electron chi connectivity index (χ0n) is 10.9. The van der Waals surface area contributed by atoms with Gasteiger partial charge >= 0.3 is 0 Å². The molecule has 1 amide bonds. The smallest absolute Gasteiger partial charge is 0.255 e. The molecular weight excluding hydrogens is 245 g/mol. The summed E-state index contributed by atoms with van der Waals surface area (Å²) in [6, 6.07) is 6.04. The van der Waals surface area contributed by atoms with Crippen LogP contribution in [0.2, 0.25) is 0 Å². The van der Waals surface area contributed by atoms with Crippen molar-refractivity contribution < 1.29 is 9.18 Å². The van der Waals surface area contributed by atoms with Crippen molar-refractivity contribution in [3.05, 3.63) is 41.8 Å². The summed E-state index contributed by atoms with van der Waals surface area (Å²) >= 11 is 0. The molecule has 0 fully saturated rings. The number of rotatable bonds is 4. The fourth-order valence-electron chi connectivity index (χ4n) is 1.70. The standard InChI is InChI=1S/C14H16FN3O/c1-3-9(2)17-14(19)12-8-16-18-13(12)10-4-6-11(15)7-5-10/h4-9H,3H2,1-2H3,(H,16,18)(H,17,19)/t9-/m1/s1. The average molecular weight is 261 g/mol. The van der Waals surface area contributed by atoms with E-state index in [9.17, 15) is 9.18 Å². The Balaban J connectivity index is 2.27. The zero-order chi connectivity index (χ0) is 13.8. The predicted octanol–water partition coefficient (Wildman–Crippen LogP) is 2.74. The van der Waals surface area contributed by atoms with Crippen molar-refractivity contribution in [3.8, 4) is 11.3 Å². The van der Waals surface area contributed by atoms with Crippen LogP contribution in [-0.2, 0) is 0 Å². The highest BCUT2D eigenvalue weighted by atomic mass is 19.1. The summed E-state index contributed by atoms with van der Waals surface area (Å²) in [5.74, 6) is -0.490. The van der Waals surface area contributed by atoms with Crippen molar-refractivity contribution in [1.82, 2.24) is 15.5 Å². The summed E-state index contributed by atoms with van der Waals surface area (Å²) in [6.07, 6.45) is 2.34. The van der Waals surface area contributed by atoms with Crippen LogP contribution in [0.4, 0.5) is 4.39 Å². The molecule has 0 bridgehead atoms. The highest BCUT2D eigenvalue weighted by Gasteiger charge is 2.16. The third kappa shape index (κ3) is 2.99. The first kappa shape index (κ1) is 13.3. The molecule has 0 saturated carbocycles. The third-order valence-electron chi connectivity index (χ3n) is 3.01. The van der Waals surface area contributed by atoms with E-state index in [0.717, 1.165) is 12.0 Å². The SMILES string of the molecule is CC[C@@H](C)NC(=O)c1cn[nH]c1-c1ccc(F)cc1. The van der Waals surface area contributed by atoms with Gasteiger partial charge in [0, 0.05) is 11.6 Å². The number of hydrogen-bond acceptors (Lipinski definition) is 2. The van der Waals surface area contributed by atoms with Gasteiger partial charge in [-0.15, -0.1) is 0 Å². The minimum atomic E-state index is -0.311. The quantitative estimate of drug-likeness (QED) is 0.889. The van der Waals surface area contributed by atoms with Crippen LogP contribution >= 0.6 is 0 Å². The first-order valence-electron chi connectivity index (χ1n) is 6.22. The number of carbonyl (C=O) groups excluding carboxylic acids is 1. The van der Waals surface area contributed by atoms with E-state index < -0.39 is 0 Å². The third-order valence-corrected chi connectivity index (χ3v) is 3.01. The largest absolute Gasteiger partial charge is 0.349 e. The summed E-state index contributed by atoms with van der Waals surface area (Å²) in [5, 5.41) is 9.56. The molecule has 1 heterocycles. The van der Waals surface area contributed by atoms with E-state index in [2.05, 4.69) is 15.5 Å². The Labute approximate surface area is 111 Å². The van der Waals surface area contributed by atoms with Gasteiger partial charge in [0.05, 0.1) is 17.5 Å². The minimum absolute atomic E-state index is 0.100. The number of aromatic nitrogens is 2. The van der Waals surface area contributed by atoms with Gasteiger partial charge in [0.15, 0.2) is 0 Å². The second-order valence-corrected chi connectivity index (χ2v) is 4.45. The Morgan fingerprint density at radius 2 is 2.11 bits per heavy atom. The van der Waals surface area contributed by atoms with Gasteiger partial charge < -0.3 is 5.32 Å². The van der Waals surface area contributed by atoms with E-state index in [-0.39, 0.29) is 17.8 Å². The summed E-state index contributed by atoms with van der Waals surface area (Å²) in [4.78, 5) is 12.1. The van der Waals surface area contributed by atoms with Crippen LogP contribution in [0.3, 0.4) is 0 Å². The molecule has 0 aliphatic heterocycles. The number of aromatic amines is 1. The van der Waals surface area contributed by atoms with Gasteiger partial charge in [-0.1, -0.05) is 6.92 Å². The van der Waals surface area contributed by atoms with Crippen molar-refractivity contribution >= 4 is 5.91 Å². The van der Waals surface area contributed by atoms with Crippen LogP contribution < -0.4 is 5.32 Å². The topological polar surface area (TPSA) is 57.8 Å². The maximum Gasteiger partial charge on any atom is 0.255 e. The molecule has 0 aliphatic carbocycles. The molecule has 1 aromatic heterocycles. The molecule has 100 valence electrons. The first-order valence-corrected chi connectivity index (χ1v) is 6.22. The van der Waals surface area contributed by atoms with Crippen LogP contribution in [0.5, 0.6) is 0 Å². The fourth-order valence-corrected chi connectivity index (χ4v) is 1.70. The summed E-state index contributed by atoms with van der Waals surface area (Å²) in [7, 11) is 0. The van der Waals surface area contributed by atoms with Crippen molar-refractivity contribution in [1.29, 1.82) is 0 Å². The monoisotopic (exact) mass is 261 g/mol. The van der Waals surface area contributed by atoms with Gasteiger partial charge in [-0.25, -0.2) is 4.39 Å². The zero-order valence-corrected chi connectivity index (χ0v) is 10.9. The lowest BCUT2D eigenvalue weighted by atomic mass is 10.1. The van der Waals surface area contributed by atoms with E-state index in [1.165, 1.54) is 18.3 Å². The Morgan fingerprint density at radius 3 is 2.74 bits per heavy atom. The molecule has 2 N–H and O–H groups in total. The Hall–Kier alpha value is -2.17. The molecule has 0 spiro atoms. The number of amides is 1. The van der Waals surface area contributed by atoms with Crippen LogP contribution in [-0.4, -0.2) is 22.1 Å². The number of hydrogen-bond donors (Lipinski definition) is 2. The van der Waals surface area contributed by atoms with Crippen LogP contribution in [0.25, 0.3) is 11.3 Å². The molecule has 1 aromatic carbocycles. The molecule has 19 heavy (non-hydrogen) atoms. The lowest BCUT2D eigenvalue weighted by Gasteiger charge is -2.11. The van der Waals surface area contributed by atoms with Gasteiger partial charge in [0.2, 0.25) is 0 Å². The molecule has 1 atom stereocenters. The lowest BCUT2D eigenvalue weighted by Crippen LogP contribution is -2.32. The van der Waals surface area contributed by atoms with Crippen molar-refractivity contribution in [2.24, 2.45) is 0 Å². The molecule has 0 unspecified atom stereocenters. The van der Waals surface area contributed by atoms with E-state index in [0.29, 0.717) is 11.3 Å². The van der Waals surface area contributed by atoms with E-state index in [4.69, 9.17) is 0 Å². The number of H-pyrrole nitrogens is 1. The van der Waals surface area contributed by atoms with Crippen LogP contribution in [0, 0.1) is 5.82 Å². The average Bonchev–Trinajstić information content (AvgIpc) is 2.88. The van der Waals surface area contributed by atoms with Crippen molar-refractivity contribution in [3.63, 3.8) is 0 Å². The van der Waals surface area contributed by atoms with E-state index >= 15 is 0 Å². The molecule has 4 nitrogen and oxygen atoms in total. The highest BCUT2D eigenvalue weighted by molar-refractivity contribution is 5.99. The highest BCUT2D eigenvalue weighted by Crippen LogP contribution is 2.21. The van der Waals surface area contributed by atoms with E-state index in [1.807, 2.05) is 13.8 Å². The number of nitrogens with one attached hydrogen (secondary N) is 2. The second-order valence-electron chi connectivity index (χ2n) is 4.45. The number of carbonyl (C=O) groups is 1. The predicted molar refractivity (Wildman–Crippen MR) is 71.2 cm³/mol. The maximum atomic E-state index is 12.9. The Kier molecular flexibility index (Phi) is 3.94. The first-order chi connectivity index (χ1) is 9.11. The maximum absolute atomic E-state index is 12.9. The van der Waals surface area contributed by atoms with Gasteiger partial charge in [-0.2, -0.15) is 5.10 Å². The summed E-state index contributed by atoms with van der Waals surface area (Å²) in [6.45, 7) is 3.94. The summed E-state index contributed by atoms with van der Waals surface area (Å²) in [5.41, 5.74) is 1.79. The number of nitrogens with zero attached hydrogens (tertiary/aromatic N) is 1. The molecule has 2 rings (SSSR count). The lowest BCUT2D eigenvalue weighted by molar-refractivity contribution is 0.0940. The number of halogens is 1. The second kappa shape index (κ2) is 5.65. The van der Waals surface area contributed by atoms with Crippen LogP contribution in [0.1, 0.15) is 30.6 Å². The Bertz CT molecular complexity index is 562. The molecular formula is C14H16FN3O. The minimum Gasteiger partial charge on any atom is -0.349 e. The number of benzene rings is 1. The summed E-state index contributed by atoms with van der Waals surface area (Å²) < 4.78 is 12.9.